The van der Waals surface area contributed by atoms with Gasteiger partial charge in [-0.3, -0.25) is 14.6 Å². The van der Waals surface area contributed by atoms with E-state index >= 15 is 0 Å². The fourth-order valence-electron chi connectivity index (χ4n) is 2.73. The third-order valence-corrected chi connectivity index (χ3v) is 3.98. The molecule has 0 aliphatic carbocycles. The van der Waals surface area contributed by atoms with Gasteiger partial charge in [-0.05, 0) is 13.3 Å². The van der Waals surface area contributed by atoms with Crippen molar-refractivity contribution in [3.63, 3.8) is 0 Å². The standard InChI is InChI=1S/C13H17N7O4/c1-6-8(12(22)16-13(23)14-6)4-9(21)15-10(7-2-3-24-5-7)11-17-19-20-18-11/h7,10H,2-5H2,1H3,(H,15,21)(H2,14,16,22,23)(H,17,18,19,20). The highest BCUT2D eigenvalue weighted by Crippen LogP contribution is 2.26. The first-order valence-corrected chi connectivity index (χ1v) is 7.47. The van der Waals surface area contributed by atoms with Gasteiger partial charge in [0.25, 0.3) is 5.56 Å². The SMILES string of the molecule is Cc1[nH]c(=O)[nH]c(=O)c1CC(=O)NC(c1nn[nH]n1)C1CCOC1. The fraction of sp³-hybridized carbons (Fsp3) is 0.538. The van der Waals surface area contributed by atoms with Gasteiger partial charge in [-0.15, -0.1) is 10.2 Å². The number of hydrogen-bond donors (Lipinski definition) is 4. The van der Waals surface area contributed by atoms with Crippen molar-refractivity contribution in [1.82, 2.24) is 35.9 Å². The second kappa shape index (κ2) is 6.74. The van der Waals surface area contributed by atoms with E-state index in [-0.39, 0.29) is 23.8 Å². The summed E-state index contributed by atoms with van der Waals surface area (Å²) in [6, 6.07) is -0.458. The van der Waals surface area contributed by atoms with E-state index < -0.39 is 17.3 Å². The highest BCUT2D eigenvalue weighted by molar-refractivity contribution is 5.79. The van der Waals surface area contributed by atoms with Gasteiger partial charge in [0, 0.05) is 23.8 Å². The van der Waals surface area contributed by atoms with Gasteiger partial charge in [-0.1, -0.05) is 5.21 Å². The molecule has 3 heterocycles. The first-order chi connectivity index (χ1) is 11.5. The molecule has 2 unspecified atom stereocenters. The van der Waals surface area contributed by atoms with Gasteiger partial charge < -0.3 is 15.0 Å². The molecular weight excluding hydrogens is 318 g/mol. The molecule has 1 fully saturated rings. The summed E-state index contributed by atoms with van der Waals surface area (Å²) in [5.41, 5.74) is -0.609. The minimum atomic E-state index is -0.602. The lowest BCUT2D eigenvalue weighted by Crippen LogP contribution is -2.37. The maximum absolute atomic E-state index is 12.4. The number of tetrazole rings is 1. The van der Waals surface area contributed by atoms with E-state index in [0.29, 0.717) is 24.7 Å². The van der Waals surface area contributed by atoms with Gasteiger partial charge in [0.1, 0.15) is 0 Å². The average molecular weight is 335 g/mol. The highest BCUT2D eigenvalue weighted by Gasteiger charge is 2.31. The molecule has 0 spiro atoms. The van der Waals surface area contributed by atoms with E-state index in [1.54, 1.807) is 6.92 Å². The van der Waals surface area contributed by atoms with Gasteiger partial charge in [0.05, 0.1) is 19.1 Å². The summed E-state index contributed by atoms with van der Waals surface area (Å²) in [7, 11) is 0. The van der Waals surface area contributed by atoms with Crippen LogP contribution in [0.25, 0.3) is 0 Å². The molecule has 1 aliphatic rings. The van der Waals surface area contributed by atoms with Crippen molar-refractivity contribution in [1.29, 1.82) is 0 Å². The molecule has 3 rings (SSSR count). The molecule has 2 aromatic rings. The summed E-state index contributed by atoms with van der Waals surface area (Å²) in [5, 5.41) is 16.6. The number of carbonyl (C=O) groups excluding carboxylic acids is 1. The minimum absolute atomic E-state index is 0.0292. The topological polar surface area (TPSA) is 159 Å². The molecule has 1 saturated heterocycles. The second-order valence-electron chi connectivity index (χ2n) is 5.63. The number of rotatable bonds is 5. The van der Waals surface area contributed by atoms with Crippen molar-refractivity contribution >= 4 is 5.91 Å². The number of nitrogens with zero attached hydrogens (tertiary/aromatic N) is 3. The third-order valence-electron chi connectivity index (χ3n) is 3.98. The maximum Gasteiger partial charge on any atom is 0.325 e. The van der Waals surface area contributed by atoms with Crippen LogP contribution in [0.3, 0.4) is 0 Å². The zero-order valence-electron chi connectivity index (χ0n) is 13.0. The molecule has 0 radical (unpaired) electrons. The monoisotopic (exact) mass is 335 g/mol. The van der Waals surface area contributed by atoms with Crippen molar-refractivity contribution in [3.05, 3.63) is 37.9 Å². The lowest BCUT2D eigenvalue weighted by molar-refractivity contribution is -0.121. The zero-order valence-corrected chi connectivity index (χ0v) is 13.0. The van der Waals surface area contributed by atoms with E-state index in [2.05, 4.69) is 35.9 Å². The van der Waals surface area contributed by atoms with Gasteiger partial charge in [0.15, 0.2) is 5.82 Å². The molecule has 2 aromatic heterocycles. The van der Waals surface area contributed by atoms with Gasteiger partial charge in [-0.2, -0.15) is 5.21 Å². The van der Waals surface area contributed by atoms with E-state index in [0.717, 1.165) is 6.42 Å². The van der Waals surface area contributed by atoms with E-state index in [1.807, 2.05) is 0 Å². The van der Waals surface area contributed by atoms with Crippen LogP contribution in [0.5, 0.6) is 0 Å². The summed E-state index contributed by atoms with van der Waals surface area (Å²) in [4.78, 5) is 40.0. The average Bonchev–Trinajstić information content (AvgIpc) is 3.21. The summed E-state index contributed by atoms with van der Waals surface area (Å²) < 4.78 is 5.36. The number of hydrogen-bond acceptors (Lipinski definition) is 7. The Bertz CT molecular complexity index is 820. The molecule has 24 heavy (non-hydrogen) atoms. The van der Waals surface area contributed by atoms with E-state index in [4.69, 9.17) is 4.74 Å². The number of nitrogens with one attached hydrogen (secondary N) is 4. The molecule has 1 amide bonds. The number of ether oxygens (including phenoxy) is 1. The Kier molecular flexibility index (Phi) is 4.51. The molecule has 11 heteroatoms. The minimum Gasteiger partial charge on any atom is -0.381 e. The predicted octanol–water partition coefficient (Wildman–Crippen LogP) is -1.68. The quantitative estimate of drug-likeness (QED) is 0.508. The maximum atomic E-state index is 12.4. The molecule has 128 valence electrons. The first-order valence-electron chi connectivity index (χ1n) is 7.47. The Morgan fingerprint density at radius 1 is 1.42 bits per heavy atom. The van der Waals surface area contributed by atoms with Crippen LogP contribution in [-0.4, -0.2) is 49.7 Å². The summed E-state index contributed by atoms with van der Waals surface area (Å²) in [5.74, 6) is 0.0183. The van der Waals surface area contributed by atoms with Crippen molar-refractivity contribution in [2.24, 2.45) is 5.92 Å². The smallest absolute Gasteiger partial charge is 0.325 e. The van der Waals surface area contributed by atoms with Crippen LogP contribution in [0.15, 0.2) is 9.59 Å². The summed E-state index contributed by atoms with van der Waals surface area (Å²) in [6.07, 6.45) is 0.595. The van der Waals surface area contributed by atoms with E-state index in [9.17, 15) is 14.4 Å². The van der Waals surface area contributed by atoms with Crippen molar-refractivity contribution in [2.45, 2.75) is 25.8 Å². The predicted molar refractivity (Wildman–Crippen MR) is 80.1 cm³/mol. The van der Waals surface area contributed by atoms with Crippen molar-refractivity contribution < 1.29 is 9.53 Å². The normalized spacial score (nSPS) is 18.5. The fourth-order valence-corrected chi connectivity index (χ4v) is 2.73. The van der Waals surface area contributed by atoms with Crippen LogP contribution < -0.4 is 16.6 Å². The molecule has 0 saturated carbocycles. The number of amides is 1. The number of H-pyrrole nitrogens is 3. The summed E-state index contributed by atoms with van der Waals surface area (Å²) in [6.45, 7) is 2.66. The van der Waals surface area contributed by atoms with Crippen LogP contribution in [-0.2, 0) is 16.0 Å². The van der Waals surface area contributed by atoms with Crippen LogP contribution in [0.1, 0.15) is 29.5 Å². The number of aromatic nitrogens is 6. The lowest BCUT2D eigenvalue weighted by Gasteiger charge is -2.20. The third kappa shape index (κ3) is 3.40. The largest absolute Gasteiger partial charge is 0.381 e. The van der Waals surface area contributed by atoms with Crippen molar-refractivity contribution in [2.75, 3.05) is 13.2 Å². The van der Waals surface area contributed by atoms with E-state index in [1.165, 1.54) is 0 Å². The highest BCUT2D eigenvalue weighted by atomic mass is 16.5. The molecular formula is C13H17N7O4. The Morgan fingerprint density at radius 2 is 2.25 bits per heavy atom. The summed E-state index contributed by atoms with van der Waals surface area (Å²) >= 11 is 0. The Balaban J connectivity index is 1.77. The first kappa shape index (κ1) is 16.1. The van der Waals surface area contributed by atoms with Crippen LogP contribution in [0, 0.1) is 12.8 Å². The zero-order chi connectivity index (χ0) is 17.1. The number of aryl methyl sites for hydroxylation is 1. The molecule has 2 atom stereocenters. The van der Waals surface area contributed by atoms with Crippen LogP contribution in [0.4, 0.5) is 0 Å². The number of carbonyl (C=O) groups is 1. The second-order valence-corrected chi connectivity index (χ2v) is 5.63. The molecule has 0 aromatic carbocycles. The lowest BCUT2D eigenvalue weighted by atomic mass is 9.98. The molecule has 11 nitrogen and oxygen atoms in total. The van der Waals surface area contributed by atoms with Gasteiger partial charge >= 0.3 is 5.69 Å². The Morgan fingerprint density at radius 3 is 2.88 bits per heavy atom. The van der Waals surface area contributed by atoms with Crippen LogP contribution in [0.2, 0.25) is 0 Å². The van der Waals surface area contributed by atoms with Gasteiger partial charge in [-0.25, -0.2) is 4.79 Å². The Hall–Kier alpha value is -2.82. The van der Waals surface area contributed by atoms with Crippen LogP contribution >= 0.6 is 0 Å². The molecule has 4 N–H and O–H groups in total. The van der Waals surface area contributed by atoms with Gasteiger partial charge in [0.2, 0.25) is 5.91 Å². The molecule has 0 bridgehead atoms. The Labute approximate surface area is 135 Å². The molecule has 1 aliphatic heterocycles. The van der Waals surface area contributed by atoms with Crippen molar-refractivity contribution in [3.8, 4) is 0 Å². The number of aromatic amines is 3.